The van der Waals surface area contributed by atoms with E-state index in [4.69, 9.17) is 0 Å². The number of halogens is 3. The Kier molecular flexibility index (Phi) is 6.53. The third-order valence-electron chi connectivity index (χ3n) is 3.99. The molecule has 0 nitrogen and oxygen atoms in total. The van der Waals surface area contributed by atoms with E-state index in [-0.39, 0.29) is 24.8 Å². The van der Waals surface area contributed by atoms with Crippen molar-refractivity contribution in [3.8, 4) is 11.1 Å². The van der Waals surface area contributed by atoms with Crippen molar-refractivity contribution in [1.82, 2.24) is 0 Å². The van der Waals surface area contributed by atoms with Crippen LogP contribution in [0.4, 0.5) is 0 Å². The van der Waals surface area contributed by atoms with Crippen LogP contribution in [-0.2, 0) is 23.2 Å². The van der Waals surface area contributed by atoms with E-state index in [1.165, 1.54) is 21.1 Å². The van der Waals surface area contributed by atoms with Crippen molar-refractivity contribution in [2.45, 2.75) is 10.0 Å². The molecule has 2 aliphatic carbocycles. The molecule has 0 saturated heterocycles. The number of hydrogen-bond donors (Lipinski definition) is 0. The first kappa shape index (κ1) is 18.5. The molecule has 0 aromatic heterocycles. The summed E-state index contributed by atoms with van der Waals surface area (Å²) in [6.07, 6.45) is 8.09. The van der Waals surface area contributed by atoms with Crippen LogP contribution in [0.2, 0.25) is 0 Å². The van der Waals surface area contributed by atoms with Crippen LogP contribution in [-0.4, -0.2) is 0 Å². The van der Waals surface area contributed by atoms with E-state index >= 15 is 0 Å². The van der Waals surface area contributed by atoms with Crippen molar-refractivity contribution in [3.05, 3.63) is 78.7 Å². The maximum Gasteiger partial charge on any atom is -1.00 e. The van der Waals surface area contributed by atoms with Crippen LogP contribution in [0.5, 0.6) is 0 Å². The molecule has 110 valence electrons. The molecule has 0 amide bonds. The van der Waals surface area contributed by atoms with Crippen molar-refractivity contribution in [3.63, 3.8) is 0 Å². The van der Waals surface area contributed by atoms with Crippen LogP contribution < -0.4 is 24.8 Å². The molecule has 0 bridgehead atoms. The van der Waals surface area contributed by atoms with Crippen LogP contribution in [0.1, 0.15) is 21.2 Å². The van der Waals surface area contributed by atoms with Gasteiger partial charge in [0.15, 0.2) is 0 Å². The summed E-state index contributed by atoms with van der Waals surface area (Å²) in [5.41, 5.74) is 6.09. The molecule has 0 aliphatic heterocycles. The van der Waals surface area contributed by atoms with Crippen molar-refractivity contribution in [2.75, 3.05) is 0 Å². The molecular weight excluding hydrogens is 505 g/mol. The van der Waals surface area contributed by atoms with Crippen molar-refractivity contribution in [1.29, 1.82) is 0 Å². The van der Waals surface area contributed by atoms with Crippen LogP contribution in [0.15, 0.2) is 64.0 Å². The Balaban J connectivity index is 0.000000882. The predicted molar refractivity (Wildman–Crippen MR) is 88.3 cm³/mol. The fourth-order valence-electron chi connectivity index (χ4n) is 3.07. The average Bonchev–Trinajstić information content (AvgIpc) is 3.07. The summed E-state index contributed by atoms with van der Waals surface area (Å²) < 4.78 is 3.78. The molecule has 1 atom stereocenters. The molecule has 0 radical (unpaired) electrons. The fraction of sp³-hybridized carbons (Fsp3) is 0.111. The number of benzene rings is 2. The Bertz CT molecular complexity index is 753. The topological polar surface area (TPSA) is 0 Å². The molecule has 2 aromatic rings. The van der Waals surface area contributed by atoms with Gasteiger partial charge in [-0.15, -0.1) is 0 Å². The second-order valence-corrected chi connectivity index (χ2v) is 10.2. The zero-order valence-electron chi connectivity index (χ0n) is 11.7. The van der Waals surface area contributed by atoms with Crippen molar-refractivity contribution in [2.24, 2.45) is 0 Å². The summed E-state index contributed by atoms with van der Waals surface area (Å²) in [6.45, 7) is 0. The number of hydrogen-bond acceptors (Lipinski definition) is 0. The van der Waals surface area contributed by atoms with E-state index < -0.39 is 23.2 Å². The first-order valence-electron chi connectivity index (χ1n) is 6.84. The largest absolute Gasteiger partial charge is 1.00 e. The Morgan fingerprint density at radius 2 is 1.73 bits per heavy atom. The molecule has 4 rings (SSSR count). The normalized spacial score (nSPS) is 16.8. The van der Waals surface area contributed by atoms with Crippen molar-refractivity contribution >= 4 is 22.6 Å². The quantitative estimate of drug-likeness (QED) is 0.462. The minimum atomic E-state index is -0.593. The van der Waals surface area contributed by atoms with E-state index in [2.05, 4.69) is 83.3 Å². The number of allylic oxidation sites excluding steroid dienone is 4. The van der Waals surface area contributed by atoms with Gasteiger partial charge >= 0.3 is 146 Å². The Morgan fingerprint density at radius 3 is 2.50 bits per heavy atom. The fourth-order valence-corrected chi connectivity index (χ4v) is 7.52. The predicted octanol–water partition coefficient (Wildman–Crippen LogP) is -0.705. The third-order valence-corrected chi connectivity index (χ3v) is 8.72. The van der Waals surface area contributed by atoms with Crippen LogP contribution >= 0.6 is 22.6 Å². The second-order valence-electron chi connectivity index (χ2n) is 5.22. The second kappa shape index (κ2) is 7.79. The molecule has 22 heavy (non-hydrogen) atoms. The third kappa shape index (κ3) is 3.31. The van der Waals surface area contributed by atoms with Gasteiger partial charge in [0.05, 0.1) is 0 Å². The van der Waals surface area contributed by atoms with Gasteiger partial charge in [-0.3, -0.25) is 0 Å². The van der Waals surface area contributed by atoms with Crippen molar-refractivity contribution < 1.29 is 48.0 Å². The van der Waals surface area contributed by atoms with Gasteiger partial charge in [0.1, 0.15) is 0 Å². The smallest absolute Gasteiger partial charge is 1.00 e. The van der Waals surface area contributed by atoms with Gasteiger partial charge < -0.3 is 24.8 Å². The molecule has 2 aliphatic rings. The molecule has 0 fully saturated rings. The van der Waals surface area contributed by atoms with Gasteiger partial charge in [0.25, 0.3) is 0 Å². The van der Waals surface area contributed by atoms with Gasteiger partial charge in [-0.25, -0.2) is 0 Å². The standard InChI is InChI=1S/C13H8I.C5H5.2ClH.Zr/c14-11-5-6-13-10(8-11)7-9-3-1-2-4-12(9)13;1-2-4-5-3-1;;;/h1-8H;1-3H,4H2;2*1H;/q;;;;+2/p-2. The minimum absolute atomic E-state index is 0. The van der Waals surface area contributed by atoms with Gasteiger partial charge in [-0.1, -0.05) is 0 Å². The summed E-state index contributed by atoms with van der Waals surface area (Å²) >= 11 is 1.85. The Labute approximate surface area is 169 Å². The van der Waals surface area contributed by atoms with Gasteiger partial charge in [0, 0.05) is 0 Å². The van der Waals surface area contributed by atoms with E-state index in [0.717, 1.165) is 0 Å². The average molecular weight is 518 g/mol. The maximum atomic E-state index is 2.44. The zero-order chi connectivity index (χ0) is 13.5. The summed E-state index contributed by atoms with van der Waals surface area (Å²) in [5, 5.41) is 0. The first-order valence-corrected chi connectivity index (χ1v) is 10.6. The van der Waals surface area contributed by atoms with E-state index in [1.54, 1.807) is 14.4 Å². The summed E-state index contributed by atoms with van der Waals surface area (Å²) in [4.78, 5) is 0. The SMILES string of the molecule is Ic1ccc2c(c1)[CH]([Zr+2][C]1=CC=CC1)c1ccccc1-2.[Cl-].[Cl-]. The summed E-state index contributed by atoms with van der Waals surface area (Å²) in [6, 6.07) is 16.0. The molecule has 2 aromatic carbocycles. The van der Waals surface area contributed by atoms with E-state index in [9.17, 15) is 0 Å². The van der Waals surface area contributed by atoms with Crippen LogP contribution in [0.25, 0.3) is 11.1 Å². The minimum Gasteiger partial charge on any atom is -1.00 e. The molecule has 0 heterocycles. The molecule has 0 spiro atoms. The zero-order valence-corrected chi connectivity index (χ0v) is 17.8. The van der Waals surface area contributed by atoms with Gasteiger partial charge in [-0.2, -0.15) is 0 Å². The molecule has 0 saturated carbocycles. The van der Waals surface area contributed by atoms with E-state index in [1.807, 2.05) is 0 Å². The number of fused-ring (bicyclic) bond motifs is 3. The monoisotopic (exact) mass is 516 g/mol. The molecule has 0 N–H and O–H groups in total. The summed E-state index contributed by atoms with van der Waals surface area (Å²) in [7, 11) is 0. The molecule has 4 heteroatoms. The van der Waals surface area contributed by atoms with E-state index in [0.29, 0.717) is 3.63 Å². The van der Waals surface area contributed by atoms with Gasteiger partial charge in [0.2, 0.25) is 0 Å². The molecular formula is C18H13Cl2IZr. The molecule has 1 unspecified atom stereocenters. The summed E-state index contributed by atoms with van der Waals surface area (Å²) in [5.74, 6) is 0. The Hall–Kier alpha value is 0.113. The number of rotatable bonds is 2. The van der Waals surface area contributed by atoms with Crippen LogP contribution in [0, 0.1) is 3.57 Å². The van der Waals surface area contributed by atoms with Gasteiger partial charge in [-0.05, 0) is 0 Å². The Morgan fingerprint density at radius 1 is 0.955 bits per heavy atom. The first-order chi connectivity index (χ1) is 9.83. The maximum absolute atomic E-state index is 2.44. The van der Waals surface area contributed by atoms with Crippen LogP contribution in [0.3, 0.4) is 0 Å².